The number of aliphatic hydroxyl groups excluding tert-OH is 1. The van der Waals surface area contributed by atoms with Crippen LogP contribution in [0.3, 0.4) is 0 Å². The molecule has 0 radical (unpaired) electrons. The number of likely N-dealkylation sites (tertiary alicyclic amines) is 1. The molecule has 8 nitrogen and oxygen atoms in total. The smallest absolute Gasteiger partial charge is 0.311 e. The highest BCUT2D eigenvalue weighted by Gasteiger charge is 2.71. The van der Waals surface area contributed by atoms with Crippen LogP contribution in [0.1, 0.15) is 26.2 Å². The Morgan fingerprint density at radius 3 is 2.67 bits per heavy atom. The first-order valence-corrected chi connectivity index (χ1v) is 13.4. The van der Waals surface area contributed by atoms with Crippen molar-refractivity contribution in [2.45, 2.75) is 48.3 Å². The summed E-state index contributed by atoms with van der Waals surface area (Å²) in [6.45, 7) is 2.12. The summed E-state index contributed by atoms with van der Waals surface area (Å²) in [6, 6.07) is 5.79. The third-order valence-corrected chi connectivity index (χ3v) is 9.41. The molecule has 9 heteroatoms. The lowest BCUT2D eigenvalue weighted by Crippen LogP contribution is -2.56. The van der Waals surface area contributed by atoms with Crippen LogP contribution in [0.5, 0.6) is 5.75 Å². The Kier molecular flexibility index (Phi) is 6.87. The van der Waals surface area contributed by atoms with Crippen LogP contribution in [-0.4, -0.2) is 76.7 Å². The first kappa shape index (κ1) is 24.9. The first-order valence-electron chi connectivity index (χ1n) is 12.5. The fourth-order valence-electron chi connectivity index (χ4n) is 5.91. The Morgan fingerprint density at radius 2 is 1.94 bits per heavy atom. The summed E-state index contributed by atoms with van der Waals surface area (Å²) in [4.78, 5) is 44.8. The van der Waals surface area contributed by atoms with E-state index in [2.05, 4.69) is 6.08 Å². The lowest BCUT2D eigenvalue weighted by atomic mass is 9.78. The number of esters is 1. The van der Waals surface area contributed by atoms with Crippen LogP contribution in [-0.2, 0) is 19.1 Å². The van der Waals surface area contributed by atoms with Gasteiger partial charge in [-0.3, -0.25) is 14.4 Å². The molecular weight excluding hydrogens is 480 g/mol. The monoisotopic (exact) mass is 512 g/mol. The maximum atomic E-state index is 14.3. The summed E-state index contributed by atoms with van der Waals surface area (Å²) >= 11 is 1.51. The number of hydrogen-bond acceptors (Lipinski definition) is 7. The molecule has 4 heterocycles. The molecule has 0 bridgehead atoms. The van der Waals surface area contributed by atoms with Gasteiger partial charge in [-0.05, 0) is 50.5 Å². The Bertz CT molecular complexity index is 1090. The topological polar surface area (TPSA) is 96.4 Å². The number of benzene rings is 1. The molecule has 1 spiro atoms. The van der Waals surface area contributed by atoms with Gasteiger partial charge in [0, 0.05) is 17.5 Å². The minimum Gasteiger partial charge on any atom is -0.497 e. The van der Waals surface area contributed by atoms with Crippen LogP contribution in [0.4, 0.5) is 5.69 Å². The molecule has 0 aromatic heterocycles. The Balaban J connectivity index is 1.60. The molecule has 2 saturated heterocycles. The second-order valence-electron chi connectivity index (χ2n) is 9.76. The van der Waals surface area contributed by atoms with Crippen LogP contribution >= 0.6 is 11.8 Å². The number of nitrogens with zero attached hydrogens (tertiary/aromatic N) is 2. The lowest BCUT2D eigenvalue weighted by Gasteiger charge is -2.37. The molecule has 5 rings (SSSR count). The zero-order chi connectivity index (χ0) is 25.4. The molecule has 4 aliphatic heterocycles. The summed E-state index contributed by atoms with van der Waals surface area (Å²) in [5.41, 5.74) is 0.691. The molecule has 192 valence electrons. The first-order chi connectivity index (χ1) is 17.4. The van der Waals surface area contributed by atoms with E-state index in [0.717, 1.165) is 19.3 Å². The Labute approximate surface area is 215 Å². The van der Waals surface area contributed by atoms with Crippen LogP contribution < -0.4 is 9.64 Å². The number of carbonyl (C=O) groups is 3. The minimum absolute atomic E-state index is 0.227. The third kappa shape index (κ3) is 3.93. The van der Waals surface area contributed by atoms with Crippen LogP contribution in [0.25, 0.3) is 0 Å². The van der Waals surface area contributed by atoms with Crippen molar-refractivity contribution in [1.29, 1.82) is 0 Å². The highest BCUT2D eigenvalue weighted by Crippen LogP contribution is 2.61. The van der Waals surface area contributed by atoms with Gasteiger partial charge in [-0.15, -0.1) is 11.8 Å². The zero-order valence-electron chi connectivity index (χ0n) is 20.5. The van der Waals surface area contributed by atoms with Crippen molar-refractivity contribution in [3.8, 4) is 5.75 Å². The molecule has 0 saturated carbocycles. The number of allylic oxidation sites excluding steroid dienone is 1. The van der Waals surface area contributed by atoms with Crippen molar-refractivity contribution in [1.82, 2.24) is 4.90 Å². The van der Waals surface area contributed by atoms with Gasteiger partial charge in [0.25, 0.3) is 5.91 Å². The van der Waals surface area contributed by atoms with Gasteiger partial charge in [-0.1, -0.05) is 24.3 Å². The molecule has 0 aliphatic carbocycles. The summed E-state index contributed by atoms with van der Waals surface area (Å²) in [5, 5.41) is 9.76. The number of fused-ring (bicyclic) bond motifs is 2. The normalized spacial score (nSPS) is 33.8. The van der Waals surface area contributed by atoms with E-state index in [0.29, 0.717) is 24.6 Å². The van der Waals surface area contributed by atoms with Gasteiger partial charge in [0.2, 0.25) is 5.91 Å². The fraction of sp³-hybridized carbons (Fsp3) is 0.519. The third-order valence-electron chi connectivity index (χ3n) is 7.66. The molecule has 1 aromatic carbocycles. The van der Waals surface area contributed by atoms with E-state index in [4.69, 9.17) is 9.47 Å². The molecule has 1 aromatic rings. The van der Waals surface area contributed by atoms with Gasteiger partial charge in [0.05, 0.1) is 42.9 Å². The van der Waals surface area contributed by atoms with Crippen molar-refractivity contribution in [3.05, 3.63) is 48.6 Å². The highest BCUT2D eigenvalue weighted by molar-refractivity contribution is 8.02. The van der Waals surface area contributed by atoms with Gasteiger partial charge in [-0.2, -0.15) is 0 Å². The van der Waals surface area contributed by atoms with Crippen LogP contribution in [0.15, 0.2) is 48.6 Å². The van der Waals surface area contributed by atoms with Crippen molar-refractivity contribution in [2.75, 3.05) is 31.8 Å². The van der Waals surface area contributed by atoms with Gasteiger partial charge in [0.15, 0.2) is 0 Å². The maximum absolute atomic E-state index is 14.3. The molecule has 1 unspecified atom stereocenters. The number of methoxy groups -OCH3 is 1. The second kappa shape index (κ2) is 9.94. The predicted molar refractivity (Wildman–Crippen MR) is 137 cm³/mol. The number of ether oxygens (including phenoxy) is 2. The van der Waals surface area contributed by atoms with Crippen LogP contribution in [0.2, 0.25) is 0 Å². The van der Waals surface area contributed by atoms with Crippen LogP contribution in [0, 0.1) is 11.8 Å². The Hall–Kier alpha value is -2.78. The van der Waals surface area contributed by atoms with E-state index in [1.807, 2.05) is 30.4 Å². The number of cyclic esters (lactones) is 1. The zero-order valence-corrected chi connectivity index (χ0v) is 21.4. The second-order valence-corrected chi connectivity index (χ2v) is 11.2. The van der Waals surface area contributed by atoms with E-state index in [1.165, 1.54) is 16.7 Å². The quantitative estimate of drug-likeness (QED) is 0.489. The van der Waals surface area contributed by atoms with E-state index in [-0.39, 0.29) is 29.6 Å². The van der Waals surface area contributed by atoms with E-state index >= 15 is 0 Å². The molecule has 2 fully saturated rings. The van der Waals surface area contributed by atoms with Crippen molar-refractivity contribution < 1.29 is 29.0 Å². The van der Waals surface area contributed by atoms with E-state index < -0.39 is 28.7 Å². The van der Waals surface area contributed by atoms with Gasteiger partial charge >= 0.3 is 5.97 Å². The molecule has 36 heavy (non-hydrogen) atoms. The summed E-state index contributed by atoms with van der Waals surface area (Å²) in [5.74, 6) is -1.66. The molecule has 6 atom stereocenters. The van der Waals surface area contributed by atoms with Gasteiger partial charge in [-0.25, -0.2) is 0 Å². The van der Waals surface area contributed by atoms with Crippen molar-refractivity contribution in [2.24, 2.45) is 11.8 Å². The number of aliphatic hydroxyl groups is 1. The summed E-state index contributed by atoms with van der Waals surface area (Å²) in [7, 11) is 1.58. The predicted octanol–water partition coefficient (Wildman–Crippen LogP) is 2.56. The van der Waals surface area contributed by atoms with Gasteiger partial charge < -0.3 is 24.4 Å². The number of rotatable bonds is 4. The number of amides is 2. The standard InChI is InChI=1S/C27H32N2O6S/c1-17(16-30)29-23-25(32)28(18-9-11-19(34-2)12-10-18)14-7-13-27(23)22(24(29)31)21-20(36-27)8-5-3-4-6-15-35-26(21)33/h5,7-13,17,20-23,30H,3-4,6,14-16H2,1-2H3/b8-5-/t17-,20+,21-,22+,23?,27+/m1/s1. The largest absolute Gasteiger partial charge is 0.497 e. The minimum atomic E-state index is -0.939. The molecule has 1 N–H and O–H groups in total. The van der Waals surface area contributed by atoms with Crippen molar-refractivity contribution >= 4 is 35.2 Å². The average molecular weight is 513 g/mol. The molecular formula is C27H32N2O6S. The summed E-state index contributed by atoms with van der Waals surface area (Å²) < 4.78 is 9.94. The van der Waals surface area contributed by atoms with E-state index in [9.17, 15) is 19.5 Å². The fourth-order valence-corrected chi connectivity index (χ4v) is 7.90. The maximum Gasteiger partial charge on any atom is 0.311 e. The lowest BCUT2D eigenvalue weighted by molar-refractivity contribution is -0.153. The molecule has 4 aliphatic rings. The average Bonchev–Trinajstić information content (AvgIpc) is 3.28. The number of anilines is 1. The number of thioether (sulfide) groups is 1. The number of hydrogen-bond donors (Lipinski definition) is 1. The molecule has 2 amide bonds. The Morgan fingerprint density at radius 1 is 1.17 bits per heavy atom. The van der Waals surface area contributed by atoms with E-state index in [1.54, 1.807) is 31.1 Å². The SMILES string of the molecule is COc1ccc(N2CC=C[C@]34S[C@H]5/C=C\CCCCOC(=O)[C@H]5[C@H]3C(=O)N([C@H](C)CO)C4C2=O)cc1. The number of carbonyl (C=O) groups excluding carboxylic acids is 3. The van der Waals surface area contributed by atoms with Gasteiger partial charge in [0.1, 0.15) is 11.8 Å². The summed E-state index contributed by atoms with van der Waals surface area (Å²) in [6.07, 6.45) is 10.6. The highest BCUT2D eigenvalue weighted by atomic mass is 32.2. The van der Waals surface area contributed by atoms with Crippen molar-refractivity contribution in [3.63, 3.8) is 0 Å².